The first-order valence-electron chi connectivity index (χ1n) is 11.7. The van der Waals surface area contributed by atoms with Gasteiger partial charge in [0.2, 0.25) is 0 Å². The van der Waals surface area contributed by atoms with E-state index < -0.39 is 44.7 Å². The van der Waals surface area contributed by atoms with E-state index >= 15 is 0 Å². The fourth-order valence-electron chi connectivity index (χ4n) is 6.50. The molecule has 9 nitrogen and oxygen atoms in total. The lowest BCUT2D eigenvalue weighted by atomic mass is 9.66. The summed E-state index contributed by atoms with van der Waals surface area (Å²) in [6.45, 7) is 11.2. The molecule has 0 radical (unpaired) electrons. The number of hydrogen-bond donors (Lipinski definition) is 2. The van der Waals surface area contributed by atoms with Crippen molar-refractivity contribution < 1.29 is 28.7 Å². The number of nitrogens with one attached hydrogen (secondary N) is 2. The van der Waals surface area contributed by atoms with E-state index in [4.69, 9.17) is 9.47 Å². The van der Waals surface area contributed by atoms with Crippen LogP contribution in [-0.2, 0) is 28.7 Å². The molecular formula is C25H31N3O6. The van der Waals surface area contributed by atoms with Crippen LogP contribution in [0.25, 0.3) is 0 Å². The minimum atomic E-state index is -1.27. The highest BCUT2D eigenvalue weighted by Crippen LogP contribution is 2.66. The number of hydrogen-bond acceptors (Lipinski definition) is 7. The fourth-order valence-corrected chi connectivity index (χ4v) is 6.50. The van der Waals surface area contributed by atoms with Crippen LogP contribution in [0.1, 0.15) is 67.2 Å². The topological polar surface area (TPSA) is 124 Å². The molecule has 2 amide bonds. The number of carbonyl (C=O) groups excluding carboxylic acids is 4. The molecule has 0 spiro atoms. The standard InChI is InChI=1S/C25H31N3O6/c1-20(2)22(5)10-12-24(20,33-18(22)31)16(29)27-14-8-7-9-15(26-14)28-17(30)25-13-11-23(6,19(32)34-25)21(25,3)4/h7-9H,10-13H2,1-6H3,(H2,26,27,28,29,30)/t22-,23-,24-,25+/m1/s1. The summed E-state index contributed by atoms with van der Waals surface area (Å²) in [5.74, 6) is -1.13. The van der Waals surface area contributed by atoms with Gasteiger partial charge in [0.1, 0.15) is 11.6 Å². The molecule has 2 saturated heterocycles. The average molecular weight is 470 g/mol. The Labute approximate surface area is 198 Å². The largest absolute Gasteiger partial charge is 0.448 e. The van der Waals surface area contributed by atoms with Gasteiger partial charge in [-0.25, -0.2) is 4.98 Å². The van der Waals surface area contributed by atoms with Crippen molar-refractivity contribution >= 4 is 35.4 Å². The van der Waals surface area contributed by atoms with Crippen LogP contribution in [0.4, 0.5) is 11.6 Å². The molecule has 1 aromatic heterocycles. The molecule has 4 atom stereocenters. The Bertz CT molecular complexity index is 1080. The predicted octanol–water partition coefficient (Wildman–Crippen LogP) is 3.20. The van der Waals surface area contributed by atoms with Crippen LogP contribution in [0, 0.1) is 21.7 Å². The van der Waals surface area contributed by atoms with Crippen LogP contribution in [0.15, 0.2) is 18.2 Å². The number of rotatable bonds is 4. The first-order chi connectivity index (χ1) is 15.7. The van der Waals surface area contributed by atoms with Crippen LogP contribution in [0.2, 0.25) is 0 Å². The van der Waals surface area contributed by atoms with Crippen LogP contribution in [0.3, 0.4) is 0 Å². The Morgan fingerprint density at radius 2 is 1.12 bits per heavy atom. The van der Waals surface area contributed by atoms with Crippen LogP contribution < -0.4 is 10.6 Å². The molecule has 4 bridgehead atoms. The summed E-state index contributed by atoms with van der Waals surface area (Å²) in [5, 5.41) is 5.55. The second kappa shape index (κ2) is 6.37. The summed E-state index contributed by atoms with van der Waals surface area (Å²) < 4.78 is 11.3. The fraction of sp³-hybridized carbons (Fsp3) is 0.640. The van der Waals surface area contributed by atoms with Crippen LogP contribution >= 0.6 is 0 Å². The lowest BCUT2D eigenvalue weighted by molar-refractivity contribution is -0.166. The van der Waals surface area contributed by atoms with Gasteiger partial charge in [-0.2, -0.15) is 0 Å². The first-order valence-corrected chi connectivity index (χ1v) is 11.7. The van der Waals surface area contributed by atoms with Gasteiger partial charge < -0.3 is 20.1 Å². The molecule has 2 N–H and O–H groups in total. The number of aromatic nitrogens is 1. The summed E-state index contributed by atoms with van der Waals surface area (Å²) in [6, 6.07) is 4.86. The minimum Gasteiger partial charge on any atom is -0.448 e. The van der Waals surface area contributed by atoms with Crippen molar-refractivity contribution in [3.63, 3.8) is 0 Å². The lowest BCUT2D eigenvalue weighted by Gasteiger charge is -2.35. The van der Waals surface area contributed by atoms with Crippen molar-refractivity contribution in [2.24, 2.45) is 21.7 Å². The molecule has 4 aliphatic rings. The zero-order valence-corrected chi connectivity index (χ0v) is 20.5. The molecule has 182 valence electrons. The molecule has 34 heavy (non-hydrogen) atoms. The zero-order valence-electron chi connectivity index (χ0n) is 20.5. The van der Waals surface area contributed by atoms with Gasteiger partial charge in [-0.1, -0.05) is 33.8 Å². The highest BCUT2D eigenvalue weighted by Gasteiger charge is 2.76. The van der Waals surface area contributed by atoms with Gasteiger partial charge in [0.05, 0.1) is 10.8 Å². The highest BCUT2D eigenvalue weighted by molar-refractivity contribution is 6.04. The Kier molecular flexibility index (Phi) is 4.27. The molecule has 9 heteroatoms. The number of pyridine rings is 1. The normalized spacial score (nSPS) is 38.4. The van der Waals surface area contributed by atoms with E-state index in [9.17, 15) is 19.2 Å². The van der Waals surface area contributed by atoms with E-state index in [1.807, 2.05) is 41.5 Å². The number of nitrogens with zero attached hydrogens (tertiary/aromatic N) is 1. The maximum absolute atomic E-state index is 13.3. The molecule has 2 aliphatic carbocycles. The third kappa shape index (κ3) is 2.33. The van der Waals surface area contributed by atoms with Crippen molar-refractivity contribution in [2.75, 3.05) is 10.6 Å². The predicted molar refractivity (Wildman–Crippen MR) is 121 cm³/mol. The van der Waals surface area contributed by atoms with Crippen molar-refractivity contribution in [3.05, 3.63) is 18.2 Å². The minimum absolute atomic E-state index is 0.223. The van der Waals surface area contributed by atoms with E-state index in [2.05, 4.69) is 15.6 Å². The maximum atomic E-state index is 13.3. The molecule has 3 heterocycles. The van der Waals surface area contributed by atoms with E-state index in [1.54, 1.807) is 18.2 Å². The molecular weight excluding hydrogens is 438 g/mol. The molecule has 1 aromatic rings. The zero-order chi connectivity index (χ0) is 24.9. The third-order valence-corrected chi connectivity index (χ3v) is 10.1. The van der Waals surface area contributed by atoms with Gasteiger partial charge in [-0.05, 0) is 51.7 Å². The molecule has 0 aromatic carbocycles. The van der Waals surface area contributed by atoms with E-state index in [0.29, 0.717) is 25.7 Å². The summed E-state index contributed by atoms with van der Waals surface area (Å²) in [4.78, 5) is 56.0. The van der Waals surface area contributed by atoms with Crippen LogP contribution in [0.5, 0.6) is 0 Å². The monoisotopic (exact) mass is 469 g/mol. The summed E-state index contributed by atoms with van der Waals surface area (Å²) in [5.41, 5.74) is -5.33. The van der Waals surface area contributed by atoms with Gasteiger partial charge in [0.15, 0.2) is 11.2 Å². The van der Waals surface area contributed by atoms with Gasteiger partial charge in [-0.15, -0.1) is 0 Å². The lowest BCUT2D eigenvalue weighted by Crippen LogP contribution is -2.51. The van der Waals surface area contributed by atoms with Crippen molar-refractivity contribution in [3.8, 4) is 0 Å². The van der Waals surface area contributed by atoms with Crippen molar-refractivity contribution in [2.45, 2.75) is 78.4 Å². The Morgan fingerprint density at radius 1 is 0.735 bits per heavy atom. The summed E-state index contributed by atoms with van der Waals surface area (Å²) in [6.07, 6.45) is 2.02. The number of amides is 2. The Balaban J connectivity index is 1.36. The molecule has 5 rings (SSSR count). The molecule has 2 saturated carbocycles. The summed E-state index contributed by atoms with van der Waals surface area (Å²) >= 11 is 0. The van der Waals surface area contributed by atoms with Crippen molar-refractivity contribution in [1.82, 2.24) is 4.98 Å². The quantitative estimate of drug-likeness (QED) is 0.649. The second-order valence-corrected chi connectivity index (χ2v) is 11.7. The number of ether oxygens (including phenoxy) is 2. The number of esters is 2. The Morgan fingerprint density at radius 3 is 1.41 bits per heavy atom. The number of fused-ring (bicyclic) bond motifs is 4. The third-order valence-electron chi connectivity index (χ3n) is 10.1. The highest BCUT2D eigenvalue weighted by atomic mass is 16.6. The van der Waals surface area contributed by atoms with E-state index in [1.165, 1.54) is 0 Å². The maximum Gasteiger partial charge on any atom is 0.313 e. The van der Waals surface area contributed by atoms with Gasteiger partial charge in [-0.3, -0.25) is 19.2 Å². The van der Waals surface area contributed by atoms with Gasteiger partial charge in [0.25, 0.3) is 11.8 Å². The average Bonchev–Trinajstić information content (AvgIpc) is 3.22. The SMILES string of the molecule is CC1(C)[C@@]2(C(=O)Nc3cccc(NC(=O)[C@@]45CC[C@](C)(C(=O)O4)C5(C)C)n3)CC[C@]1(C)C(=O)O2. The summed E-state index contributed by atoms with van der Waals surface area (Å²) in [7, 11) is 0. The van der Waals surface area contributed by atoms with Gasteiger partial charge >= 0.3 is 11.9 Å². The molecule has 2 aliphatic heterocycles. The van der Waals surface area contributed by atoms with Crippen molar-refractivity contribution in [1.29, 1.82) is 0 Å². The van der Waals surface area contributed by atoms with Gasteiger partial charge in [0, 0.05) is 10.8 Å². The first kappa shape index (κ1) is 22.8. The van der Waals surface area contributed by atoms with E-state index in [-0.39, 0.29) is 23.6 Å². The second-order valence-electron chi connectivity index (χ2n) is 11.7. The number of carbonyl (C=O) groups is 4. The number of anilines is 2. The molecule has 4 fully saturated rings. The van der Waals surface area contributed by atoms with Crippen LogP contribution in [-0.4, -0.2) is 39.9 Å². The van der Waals surface area contributed by atoms with E-state index in [0.717, 1.165) is 0 Å². The smallest absolute Gasteiger partial charge is 0.313 e. The Hall–Kier alpha value is -2.97. The molecule has 0 unspecified atom stereocenters.